The number of aromatic nitrogens is 4. The zero-order valence-electron chi connectivity index (χ0n) is 19.8. The molecule has 2 N–H and O–H groups in total. The van der Waals surface area contributed by atoms with Crippen molar-refractivity contribution in [2.24, 2.45) is 0 Å². The van der Waals surface area contributed by atoms with Gasteiger partial charge in [0.05, 0.1) is 10.6 Å². The van der Waals surface area contributed by atoms with Crippen molar-refractivity contribution in [2.75, 3.05) is 5.32 Å². The lowest BCUT2D eigenvalue weighted by molar-refractivity contribution is 0.0998. The first-order valence-electron chi connectivity index (χ1n) is 11.6. The van der Waals surface area contributed by atoms with Gasteiger partial charge in [-0.25, -0.2) is 4.98 Å². The van der Waals surface area contributed by atoms with Crippen molar-refractivity contribution < 1.29 is 9.21 Å². The molecule has 182 valence electrons. The molecular formula is C28H21N5O3S. The maximum absolute atomic E-state index is 13.1. The van der Waals surface area contributed by atoms with E-state index in [0.717, 1.165) is 15.8 Å². The summed E-state index contributed by atoms with van der Waals surface area (Å²) >= 11 is 1.52. The van der Waals surface area contributed by atoms with Crippen LogP contribution in [0, 0.1) is 6.92 Å². The number of anilines is 1. The molecule has 0 fully saturated rings. The van der Waals surface area contributed by atoms with Gasteiger partial charge in [0.1, 0.15) is 17.1 Å². The number of furan rings is 1. The molecule has 37 heavy (non-hydrogen) atoms. The van der Waals surface area contributed by atoms with Gasteiger partial charge in [-0.15, -0.1) is 11.3 Å². The third kappa shape index (κ3) is 4.48. The Bertz CT molecular complexity index is 1750. The summed E-state index contributed by atoms with van der Waals surface area (Å²) < 4.78 is 7.16. The number of aryl methyl sites for hydroxylation is 1. The minimum absolute atomic E-state index is 0.169. The van der Waals surface area contributed by atoms with E-state index in [9.17, 15) is 9.59 Å². The topological polar surface area (TPSA) is 106 Å². The number of thiophene rings is 1. The number of fused-ring (bicyclic) bond motifs is 1. The van der Waals surface area contributed by atoms with Gasteiger partial charge in [0, 0.05) is 23.4 Å². The molecule has 0 saturated carbocycles. The maximum Gasteiger partial charge on any atom is 0.292 e. The molecule has 6 aromatic rings. The third-order valence-electron chi connectivity index (χ3n) is 6.01. The number of hydrogen-bond donors (Lipinski definition) is 2. The first-order chi connectivity index (χ1) is 18.0. The first-order valence-corrected chi connectivity index (χ1v) is 12.5. The standard InChI is InChI=1S/C28H21N5O3S/c1-17-20(14-18-8-3-2-4-9-18)26(34)31-28(29-17)33-25(16-21(32-33)24-12-7-13-37-24)30-27(35)23-15-19-10-5-6-11-22(19)36-23/h2-13,15-16H,14H2,1H3,(H,30,35)(H,29,31,34). The molecule has 6 rings (SSSR count). The van der Waals surface area contributed by atoms with Gasteiger partial charge in [-0.1, -0.05) is 54.6 Å². The van der Waals surface area contributed by atoms with Gasteiger partial charge in [0.2, 0.25) is 5.95 Å². The van der Waals surface area contributed by atoms with E-state index in [2.05, 4.69) is 20.4 Å². The molecule has 1 amide bonds. The number of hydrogen-bond acceptors (Lipinski definition) is 6. The lowest BCUT2D eigenvalue weighted by atomic mass is 10.1. The smallest absolute Gasteiger partial charge is 0.292 e. The average Bonchev–Trinajstić information content (AvgIpc) is 3.66. The molecule has 0 atom stereocenters. The molecule has 4 aromatic heterocycles. The van der Waals surface area contributed by atoms with E-state index in [0.29, 0.717) is 34.8 Å². The van der Waals surface area contributed by atoms with Gasteiger partial charge in [-0.05, 0) is 36.1 Å². The Hall–Kier alpha value is -4.76. The molecule has 8 nitrogen and oxygen atoms in total. The van der Waals surface area contributed by atoms with Crippen LogP contribution in [-0.4, -0.2) is 25.7 Å². The molecule has 4 heterocycles. The number of H-pyrrole nitrogens is 1. The van der Waals surface area contributed by atoms with Gasteiger partial charge < -0.3 is 9.73 Å². The highest BCUT2D eigenvalue weighted by Gasteiger charge is 2.20. The summed E-state index contributed by atoms with van der Waals surface area (Å²) in [4.78, 5) is 34.6. The monoisotopic (exact) mass is 507 g/mol. The van der Waals surface area contributed by atoms with Crippen molar-refractivity contribution in [3.8, 4) is 16.5 Å². The Morgan fingerprint density at radius 2 is 1.86 bits per heavy atom. The van der Waals surface area contributed by atoms with Crippen LogP contribution in [0.25, 0.3) is 27.5 Å². The summed E-state index contributed by atoms with van der Waals surface area (Å²) in [5, 5.41) is 10.3. The molecule has 0 unspecified atom stereocenters. The molecular weight excluding hydrogens is 486 g/mol. The number of benzene rings is 2. The van der Waals surface area contributed by atoms with Crippen molar-refractivity contribution >= 4 is 34.0 Å². The predicted octanol–water partition coefficient (Wildman–Crippen LogP) is 5.58. The van der Waals surface area contributed by atoms with E-state index >= 15 is 0 Å². The molecule has 9 heteroatoms. The van der Waals surface area contributed by atoms with Crippen molar-refractivity contribution in [2.45, 2.75) is 13.3 Å². The summed E-state index contributed by atoms with van der Waals surface area (Å²) in [5.41, 5.74) is 3.19. The van der Waals surface area contributed by atoms with Crippen LogP contribution >= 0.6 is 11.3 Å². The maximum atomic E-state index is 13.1. The lowest BCUT2D eigenvalue weighted by Gasteiger charge is -2.10. The summed E-state index contributed by atoms with van der Waals surface area (Å²) in [6.07, 6.45) is 0.463. The summed E-state index contributed by atoms with van der Waals surface area (Å²) in [6.45, 7) is 1.80. The molecule has 0 radical (unpaired) electrons. The number of carbonyl (C=O) groups is 1. The average molecular weight is 508 g/mol. The number of carbonyl (C=O) groups excluding carboxylic acids is 1. The van der Waals surface area contributed by atoms with Crippen LogP contribution in [0.1, 0.15) is 27.4 Å². The van der Waals surface area contributed by atoms with Crippen LogP contribution in [0.2, 0.25) is 0 Å². The van der Waals surface area contributed by atoms with Crippen LogP contribution in [-0.2, 0) is 6.42 Å². The highest BCUT2D eigenvalue weighted by molar-refractivity contribution is 7.13. The van der Waals surface area contributed by atoms with Gasteiger partial charge in [-0.3, -0.25) is 14.6 Å². The second-order valence-electron chi connectivity index (χ2n) is 8.52. The summed E-state index contributed by atoms with van der Waals surface area (Å²) in [6, 6.07) is 24.5. The molecule has 0 aliphatic rings. The minimum Gasteiger partial charge on any atom is -0.451 e. The summed E-state index contributed by atoms with van der Waals surface area (Å²) in [5.74, 6) is 0.298. The number of aromatic amines is 1. The van der Waals surface area contributed by atoms with Crippen LogP contribution in [0.5, 0.6) is 0 Å². The van der Waals surface area contributed by atoms with Crippen LogP contribution in [0.4, 0.5) is 5.82 Å². The highest BCUT2D eigenvalue weighted by Crippen LogP contribution is 2.28. The van der Waals surface area contributed by atoms with Crippen molar-refractivity contribution in [1.82, 2.24) is 19.7 Å². The Labute approximate surface area is 215 Å². The van der Waals surface area contributed by atoms with Crippen molar-refractivity contribution in [3.63, 3.8) is 0 Å². The Morgan fingerprint density at radius 1 is 1.05 bits per heavy atom. The van der Waals surface area contributed by atoms with E-state index in [-0.39, 0.29) is 17.3 Å². The normalized spacial score (nSPS) is 11.2. The fourth-order valence-electron chi connectivity index (χ4n) is 4.15. The Balaban J connectivity index is 1.38. The fourth-order valence-corrected chi connectivity index (χ4v) is 4.83. The van der Waals surface area contributed by atoms with Crippen molar-refractivity contribution in [1.29, 1.82) is 0 Å². The van der Waals surface area contributed by atoms with Crippen LogP contribution in [0.3, 0.4) is 0 Å². The van der Waals surface area contributed by atoms with E-state index in [4.69, 9.17) is 4.42 Å². The van der Waals surface area contributed by atoms with Gasteiger partial charge in [0.25, 0.3) is 11.5 Å². The zero-order valence-corrected chi connectivity index (χ0v) is 20.6. The Morgan fingerprint density at radius 3 is 2.62 bits per heavy atom. The quantitative estimate of drug-likeness (QED) is 0.306. The largest absolute Gasteiger partial charge is 0.451 e. The van der Waals surface area contributed by atoms with Gasteiger partial charge in [-0.2, -0.15) is 9.78 Å². The van der Waals surface area contributed by atoms with E-state index < -0.39 is 5.91 Å². The van der Waals surface area contributed by atoms with E-state index in [1.165, 1.54) is 16.0 Å². The molecule has 0 saturated heterocycles. The zero-order chi connectivity index (χ0) is 25.4. The molecule has 0 spiro atoms. The van der Waals surface area contributed by atoms with Crippen molar-refractivity contribution in [3.05, 3.63) is 117 Å². The van der Waals surface area contributed by atoms with Gasteiger partial charge in [0.15, 0.2) is 5.76 Å². The molecule has 0 aliphatic heterocycles. The number of nitrogens with zero attached hydrogens (tertiary/aromatic N) is 3. The minimum atomic E-state index is -0.435. The second-order valence-corrected chi connectivity index (χ2v) is 9.47. The Kier molecular flexibility index (Phi) is 5.74. The second kappa shape index (κ2) is 9.36. The van der Waals surface area contributed by atoms with Crippen LogP contribution in [0.15, 0.2) is 93.5 Å². The third-order valence-corrected chi connectivity index (χ3v) is 6.90. The van der Waals surface area contributed by atoms with Gasteiger partial charge >= 0.3 is 0 Å². The highest BCUT2D eigenvalue weighted by atomic mass is 32.1. The van der Waals surface area contributed by atoms with E-state index in [1.807, 2.05) is 66.0 Å². The molecule has 2 aromatic carbocycles. The fraction of sp³-hybridized carbons (Fsp3) is 0.0714. The van der Waals surface area contributed by atoms with E-state index in [1.54, 1.807) is 25.1 Å². The molecule has 0 aliphatic carbocycles. The predicted molar refractivity (Wildman–Crippen MR) is 143 cm³/mol. The number of rotatable bonds is 6. The number of para-hydroxylation sites is 1. The molecule has 0 bridgehead atoms. The first kappa shape index (κ1) is 22.7. The SMILES string of the molecule is Cc1nc(-n2nc(-c3cccs3)cc2NC(=O)c2cc3ccccc3o2)[nH]c(=O)c1Cc1ccccc1. The number of amides is 1. The number of nitrogens with one attached hydrogen (secondary N) is 2. The lowest BCUT2D eigenvalue weighted by Crippen LogP contribution is -2.22. The van der Waals surface area contributed by atoms with Crippen LogP contribution < -0.4 is 10.9 Å². The summed E-state index contributed by atoms with van der Waals surface area (Å²) in [7, 11) is 0.